The molecule has 2 N–H and O–H groups in total. The number of hydrogen-bond donors (Lipinski definition) is 1. The minimum absolute atomic E-state index is 0.372. The minimum Gasteiger partial charge on any atom is -0.399 e. The van der Waals surface area contributed by atoms with E-state index in [1.54, 1.807) is 48.5 Å². The molecule has 0 aliphatic carbocycles. The van der Waals surface area contributed by atoms with Gasteiger partial charge in [0.2, 0.25) is 0 Å². The molecule has 84 valence electrons. The first-order chi connectivity index (χ1) is 8.28. The van der Waals surface area contributed by atoms with Crippen molar-refractivity contribution >= 4 is 22.7 Å². The van der Waals surface area contributed by atoms with E-state index in [1.165, 1.54) is 0 Å². The van der Waals surface area contributed by atoms with Crippen LogP contribution in [-0.2, 0) is 0 Å². The third kappa shape index (κ3) is 2.94. The number of nitrogen functional groups attached to an aromatic ring is 1. The monoisotopic (exact) mass is 226 g/mol. The van der Waals surface area contributed by atoms with Crippen molar-refractivity contribution in [3.05, 3.63) is 53.4 Å². The molecule has 0 unspecified atom stereocenters. The second-order valence-electron chi connectivity index (χ2n) is 3.40. The Hall–Kier alpha value is -2.56. The van der Waals surface area contributed by atoms with Gasteiger partial charge in [-0.05, 0) is 53.7 Å². The molecular formula is C12H10N4O. The molecule has 0 spiro atoms. The molecule has 2 aromatic rings. The second kappa shape index (κ2) is 4.98. The number of nitrogens with zero attached hydrogens (tertiary/aromatic N) is 3. The lowest BCUT2D eigenvalue weighted by atomic mass is 10.3. The molecule has 0 aliphatic rings. The largest absolute Gasteiger partial charge is 0.399 e. The summed E-state index contributed by atoms with van der Waals surface area (Å²) in [6.45, 7) is 0. The summed E-state index contributed by atoms with van der Waals surface area (Å²) in [4.78, 5) is 10.2. The van der Waals surface area contributed by atoms with Crippen molar-refractivity contribution < 1.29 is 0 Å². The summed E-state index contributed by atoms with van der Waals surface area (Å²) in [5, 5.41) is 10.9. The van der Waals surface area contributed by atoms with Gasteiger partial charge in [-0.25, -0.2) is 0 Å². The highest BCUT2D eigenvalue weighted by Crippen LogP contribution is 2.21. The number of hydrogen-bond acceptors (Lipinski definition) is 5. The van der Waals surface area contributed by atoms with E-state index in [2.05, 4.69) is 15.4 Å². The van der Waals surface area contributed by atoms with Crippen molar-refractivity contribution in [2.75, 3.05) is 5.73 Å². The Labute approximate surface area is 98.0 Å². The van der Waals surface area contributed by atoms with Crippen molar-refractivity contribution in [2.45, 2.75) is 0 Å². The molecule has 5 nitrogen and oxygen atoms in total. The van der Waals surface area contributed by atoms with Crippen molar-refractivity contribution in [1.82, 2.24) is 0 Å². The van der Waals surface area contributed by atoms with Crippen LogP contribution in [0.15, 0.2) is 63.9 Å². The van der Waals surface area contributed by atoms with Gasteiger partial charge in [-0.3, -0.25) is 0 Å². The Balaban J connectivity index is 2.14. The SMILES string of the molecule is Nc1ccc(N=Nc2ccc(N=O)cc2)cc1. The van der Waals surface area contributed by atoms with Gasteiger partial charge in [-0.15, -0.1) is 4.91 Å². The quantitative estimate of drug-likeness (QED) is 0.486. The van der Waals surface area contributed by atoms with Crippen molar-refractivity contribution in [2.24, 2.45) is 15.4 Å². The zero-order valence-electron chi connectivity index (χ0n) is 8.95. The highest BCUT2D eigenvalue weighted by atomic mass is 16.3. The van der Waals surface area contributed by atoms with Crippen LogP contribution < -0.4 is 5.73 Å². The lowest BCUT2D eigenvalue weighted by Gasteiger charge is -1.94. The Bertz CT molecular complexity index is 531. The highest BCUT2D eigenvalue weighted by Gasteiger charge is 1.93. The maximum absolute atomic E-state index is 10.2. The highest BCUT2D eigenvalue weighted by molar-refractivity contribution is 5.49. The molecule has 0 saturated heterocycles. The molecule has 0 aliphatic heterocycles. The van der Waals surface area contributed by atoms with Gasteiger partial charge in [0.05, 0.1) is 11.4 Å². The van der Waals surface area contributed by atoms with Crippen LogP contribution in [0.25, 0.3) is 0 Å². The first-order valence-electron chi connectivity index (χ1n) is 4.98. The summed E-state index contributed by atoms with van der Waals surface area (Å²) in [5.41, 5.74) is 7.99. The van der Waals surface area contributed by atoms with E-state index in [-0.39, 0.29) is 0 Å². The number of anilines is 1. The van der Waals surface area contributed by atoms with E-state index in [1.807, 2.05) is 0 Å². The summed E-state index contributed by atoms with van der Waals surface area (Å²) in [6, 6.07) is 13.6. The number of nitrogens with two attached hydrogens (primary N) is 1. The zero-order valence-corrected chi connectivity index (χ0v) is 8.95. The summed E-state index contributed by atoms with van der Waals surface area (Å²) < 4.78 is 0. The standard InChI is InChI=1S/C12H10N4O/c13-9-1-3-10(4-2-9)14-15-11-5-7-12(16-17)8-6-11/h1-8H,13H2. The zero-order chi connectivity index (χ0) is 12.1. The third-order valence-electron chi connectivity index (χ3n) is 2.13. The van der Waals surface area contributed by atoms with Crippen LogP contribution in [0.2, 0.25) is 0 Å². The predicted molar refractivity (Wildman–Crippen MR) is 66.9 cm³/mol. The summed E-state index contributed by atoms with van der Waals surface area (Å²) >= 11 is 0. The molecule has 0 aromatic heterocycles. The molecule has 5 heteroatoms. The van der Waals surface area contributed by atoms with E-state index in [0.717, 1.165) is 5.69 Å². The van der Waals surface area contributed by atoms with Crippen LogP contribution in [-0.4, -0.2) is 0 Å². The number of azo groups is 1. The molecular weight excluding hydrogens is 216 g/mol. The number of benzene rings is 2. The summed E-state index contributed by atoms with van der Waals surface area (Å²) in [6.07, 6.45) is 0. The van der Waals surface area contributed by atoms with E-state index >= 15 is 0 Å². The number of rotatable bonds is 3. The fourth-order valence-electron chi connectivity index (χ4n) is 1.24. The van der Waals surface area contributed by atoms with Crippen LogP contribution in [0.5, 0.6) is 0 Å². The lowest BCUT2D eigenvalue weighted by Crippen LogP contribution is -1.80. The average Bonchev–Trinajstić information content (AvgIpc) is 2.39. The molecule has 0 atom stereocenters. The Morgan fingerprint density at radius 2 is 1.12 bits per heavy atom. The van der Waals surface area contributed by atoms with Crippen LogP contribution in [0.4, 0.5) is 22.7 Å². The van der Waals surface area contributed by atoms with Gasteiger partial charge in [-0.2, -0.15) is 10.2 Å². The van der Waals surface area contributed by atoms with Gasteiger partial charge in [0.1, 0.15) is 5.69 Å². The first kappa shape index (κ1) is 10.9. The molecule has 0 bridgehead atoms. The lowest BCUT2D eigenvalue weighted by molar-refractivity contribution is 1.23. The van der Waals surface area contributed by atoms with E-state index in [0.29, 0.717) is 17.1 Å². The van der Waals surface area contributed by atoms with Crippen LogP contribution in [0.3, 0.4) is 0 Å². The molecule has 0 heterocycles. The number of nitroso groups, excluding NO2 is 1. The molecule has 17 heavy (non-hydrogen) atoms. The van der Waals surface area contributed by atoms with Crippen LogP contribution in [0, 0.1) is 4.91 Å². The Morgan fingerprint density at radius 1 is 0.706 bits per heavy atom. The van der Waals surface area contributed by atoms with Gasteiger partial charge >= 0.3 is 0 Å². The third-order valence-corrected chi connectivity index (χ3v) is 2.13. The molecule has 0 fully saturated rings. The topological polar surface area (TPSA) is 80.2 Å². The molecule has 2 aromatic carbocycles. The maximum Gasteiger partial charge on any atom is 0.108 e. The average molecular weight is 226 g/mol. The maximum atomic E-state index is 10.2. The first-order valence-corrected chi connectivity index (χ1v) is 4.98. The second-order valence-corrected chi connectivity index (χ2v) is 3.40. The van der Waals surface area contributed by atoms with Gasteiger partial charge in [0.25, 0.3) is 0 Å². The molecule has 2 rings (SSSR count). The van der Waals surface area contributed by atoms with Gasteiger partial charge in [0.15, 0.2) is 0 Å². The minimum atomic E-state index is 0.372. The van der Waals surface area contributed by atoms with Crippen molar-refractivity contribution in [3.8, 4) is 0 Å². The van der Waals surface area contributed by atoms with Gasteiger partial charge in [0, 0.05) is 5.69 Å². The van der Waals surface area contributed by atoms with Crippen molar-refractivity contribution in [3.63, 3.8) is 0 Å². The van der Waals surface area contributed by atoms with Crippen molar-refractivity contribution in [1.29, 1.82) is 0 Å². The fraction of sp³-hybridized carbons (Fsp3) is 0. The van der Waals surface area contributed by atoms with E-state index < -0.39 is 0 Å². The normalized spacial score (nSPS) is 10.6. The van der Waals surface area contributed by atoms with Gasteiger partial charge < -0.3 is 5.73 Å². The molecule has 0 radical (unpaired) electrons. The van der Waals surface area contributed by atoms with E-state index in [9.17, 15) is 4.91 Å². The summed E-state index contributed by atoms with van der Waals surface area (Å²) in [7, 11) is 0. The fourth-order valence-corrected chi connectivity index (χ4v) is 1.24. The van der Waals surface area contributed by atoms with Gasteiger partial charge in [-0.1, -0.05) is 0 Å². The van der Waals surface area contributed by atoms with Crippen LogP contribution >= 0.6 is 0 Å². The van der Waals surface area contributed by atoms with E-state index in [4.69, 9.17) is 5.73 Å². The summed E-state index contributed by atoms with van der Waals surface area (Å²) in [5.74, 6) is 0. The smallest absolute Gasteiger partial charge is 0.108 e. The molecule has 0 amide bonds. The molecule has 0 saturated carbocycles. The Morgan fingerprint density at radius 3 is 1.59 bits per heavy atom. The predicted octanol–water partition coefficient (Wildman–Crippen LogP) is 4.08. The Kier molecular flexibility index (Phi) is 3.20. The van der Waals surface area contributed by atoms with Crippen LogP contribution in [0.1, 0.15) is 0 Å².